The molecule has 2 aromatic rings. The Kier molecular flexibility index (Phi) is 3.93. The van der Waals surface area contributed by atoms with Gasteiger partial charge in [0.15, 0.2) is 5.69 Å². The van der Waals surface area contributed by atoms with Crippen molar-refractivity contribution in [3.63, 3.8) is 0 Å². The molecule has 0 aliphatic heterocycles. The van der Waals surface area contributed by atoms with Crippen molar-refractivity contribution in [2.75, 3.05) is 5.32 Å². The number of carbonyl (C=O) groups is 1. The molecular formula is C11H7Br2N3O2. The number of benzene rings is 1. The fraction of sp³-hybridized carbons (Fsp3) is 0. The summed E-state index contributed by atoms with van der Waals surface area (Å²) in [5.41, 5.74) is 0.660. The molecule has 2 N–H and O–H groups in total. The Bertz CT molecular complexity index is 605. The third kappa shape index (κ3) is 3.05. The SMILES string of the molecule is O=C(O)c1cncc(Nc2cc(Br)ccc2Br)n1. The van der Waals surface area contributed by atoms with E-state index >= 15 is 0 Å². The Balaban J connectivity index is 2.31. The van der Waals surface area contributed by atoms with Crippen molar-refractivity contribution in [2.45, 2.75) is 0 Å². The Labute approximate surface area is 120 Å². The van der Waals surface area contributed by atoms with E-state index in [1.807, 2.05) is 18.2 Å². The molecule has 1 aromatic carbocycles. The first-order valence-corrected chi connectivity index (χ1v) is 6.42. The summed E-state index contributed by atoms with van der Waals surface area (Å²) in [7, 11) is 0. The van der Waals surface area contributed by atoms with Crippen LogP contribution in [0.25, 0.3) is 0 Å². The number of rotatable bonds is 3. The number of halogens is 2. The summed E-state index contributed by atoms with van der Waals surface area (Å²) in [4.78, 5) is 18.5. The smallest absolute Gasteiger partial charge is 0.356 e. The van der Waals surface area contributed by atoms with Gasteiger partial charge in [0.1, 0.15) is 5.82 Å². The molecular weight excluding hydrogens is 366 g/mol. The lowest BCUT2D eigenvalue weighted by Crippen LogP contribution is -2.04. The van der Waals surface area contributed by atoms with Crippen LogP contribution >= 0.6 is 31.9 Å². The molecule has 0 aliphatic carbocycles. The second-order valence-corrected chi connectivity index (χ2v) is 5.11. The van der Waals surface area contributed by atoms with Crippen molar-refractivity contribution >= 4 is 49.3 Å². The molecule has 2 rings (SSSR count). The molecule has 1 heterocycles. The quantitative estimate of drug-likeness (QED) is 0.863. The topological polar surface area (TPSA) is 75.1 Å². The first-order chi connectivity index (χ1) is 8.56. The number of nitrogens with zero attached hydrogens (tertiary/aromatic N) is 2. The van der Waals surface area contributed by atoms with Crippen molar-refractivity contribution in [3.8, 4) is 0 Å². The maximum atomic E-state index is 10.8. The van der Waals surface area contributed by atoms with Crippen LogP contribution in [0.5, 0.6) is 0 Å². The largest absolute Gasteiger partial charge is 0.476 e. The van der Waals surface area contributed by atoms with Gasteiger partial charge in [0.05, 0.1) is 18.1 Å². The highest BCUT2D eigenvalue weighted by Gasteiger charge is 2.07. The molecule has 0 atom stereocenters. The second-order valence-electron chi connectivity index (χ2n) is 3.34. The summed E-state index contributed by atoms with van der Waals surface area (Å²) in [5, 5.41) is 11.8. The van der Waals surface area contributed by atoms with Crippen LogP contribution in [0.15, 0.2) is 39.5 Å². The van der Waals surface area contributed by atoms with Gasteiger partial charge in [0.25, 0.3) is 0 Å². The summed E-state index contributed by atoms with van der Waals surface area (Å²) in [6.07, 6.45) is 2.66. The Morgan fingerprint density at radius 1 is 1.28 bits per heavy atom. The van der Waals surface area contributed by atoms with Crippen molar-refractivity contribution in [1.29, 1.82) is 0 Å². The lowest BCUT2D eigenvalue weighted by atomic mass is 10.3. The maximum absolute atomic E-state index is 10.8. The molecule has 0 radical (unpaired) electrons. The summed E-state index contributed by atoms with van der Waals surface area (Å²) in [6, 6.07) is 5.59. The number of carboxylic acid groups (broad SMARTS) is 1. The van der Waals surface area contributed by atoms with E-state index in [1.54, 1.807) is 0 Å². The fourth-order valence-electron chi connectivity index (χ4n) is 1.26. The van der Waals surface area contributed by atoms with Gasteiger partial charge in [-0.05, 0) is 34.1 Å². The molecule has 92 valence electrons. The monoisotopic (exact) mass is 371 g/mol. The van der Waals surface area contributed by atoms with Crippen LogP contribution in [0.1, 0.15) is 10.5 Å². The molecule has 7 heteroatoms. The second kappa shape index (κ2) is 5.45. The van der Waals surface area contributed by atoms with E-state index in [0.29, 0.717) is 5.82 Å². The van der Waals surface area contributed by atoms with Gasteiger partial charge < -0.3 is 10.4 Å². The molecule has 0 bridgehead atoms. The molecule has 0 unspecified atom stereocenters. The standard InChI is InChI=1S/C11H7Br2N3O2/c12-6-1-2-7(13)8(3-6)15-10-5-14-4-9(16-10)11(17)18/h1-5H,(H,15,16)(H,17,18). The van der Waals surface area contributed by atoms with Crippen LogP contribution in [0.2, 0.25) is 0 Å². The molecule has 0 amide bonds. The fourth-order valence-corrected chi connectivity index (χ4v) is 1.97. The van der Waals surface area contributed by atoms with E-state index in [9.17, 15) is 4.79 Å². The van der Waals surface area contributed by atoms with Gasteiger partial charge >= 0.3 is 5.97 Å². The summed E-state index contributed by atoms with van der Waals surface area (Å²) in [6.45, 7) is 0. The zero-order valence-electron chi connectivity index (χ0n) is 8.89. The van der Waals surface area contributed by atoms with E-state index in [4.69, 9.17) is 5.11 Å². The first kappa shape index (κ1) is 13.0. The van der Waals surface area contributed by atoms with E-state index in [0.717, 1.165) is 14.6 Å². The number of aromatic nitrogens is 2. The highest BCUT2D eigenvalue weighted by atomic mass is 79.9. The average Bonchev–Trinajstić information content (AvgIpc) is 2.34. The molecule has 0 fully saturated rings. The predicted octanol–water partition coefficient (Wildman–Crippen LogP) is 3.44. The number of carboxylic acids is 1. The maximum Gasteiger partial charge on any atom is 0.356 e. The Hall–Kier alpha value is -1.47. The molecule has 0 saturated heterocycles. The lowest BCUT2D eigenvalue weighted by Gasteiger charge is -2.08. The highest BCUT2D eigenvalue weighted by Crippen LogP contribution is 2.28. The molecule has 1 aromatic heterocycles. The van der Waals surface area contributed by atoms with E-state index in [-0.39, 0.29) is 5.69 Å². The van der Waals surface area contributed by atoms with Crippen LogP contribution < -0.4 is 5.32 Å². The van der Waals surface area contributed by atoms with Crippen molar-refractivity contribution in [2.24, 2.45) is 0 Å². The number of anilines is 2. The van der Waals surface area contributed by atoms with Crippen molar-refractivity contribution < 1.29 is 9.90 Å². The van der Waals surface area contributed by atoms with Gasteiger partial charge in [-0.25, -0.2) is 9.78 Å². The van der Waals surface area contributed by atoms with E-state index < -0.39 is 5.97 Å². The van der Waals surface area contributed by atoms with E-state index in [1.165, 1.54) is 12.4 Å². The number of hydrogen-bond donors (Lipinski definition) is 2. The van der Waals surface area contributed by atoms with Gasteiger partial charge in [0, 0.05) is 8.95 Å². The Morgan fingerprint density at radius 3 is 2.78 bits per heavy atom. The molecule has 18 heavy (non-hydrogen) atoms. The molecule has 0 aliphatic rings. The summed E-state index contributed by atoms with van der Waals surface area (Å²) >= 11 is 6.74. The van der Waals surface area contributed by atoms with Gasteiger partial charge in [0.2, 0.25) is 0 Å². The van der Waals surface area contributed by atoms with Crippen molar-refractivity contribution in [3.05, 3.63) is 45.2 Å². The van der Waals surface area contributed by atoms with Crippen LogP contribution in [0.3, 0.4) is 0 Å². The average molecular weight is 373 g/mol. The van der Waals surface area contributed by atoms with Gasteiger partial charge in [-0.15, -0.1) is 0 Å². The predicted molar refractivity (Wildman–Crippen MR) is 74.1 cm³/mol. The molecule has 0 spiro atoms. The van der Waals surface area contributed by atoms with Crippen LogP contribution in [-0.2, 0) is 0 Å². The third-order valence-electron chi connectivity index (χ3n) is 2.04. The van der Waals surface area contributed by atoms with Crippen LogP contribution in [0.4, 0.5) is 11.5 Å². The molecule has 0 saturated carbocycles. The zero-order chi connectivity index (χ0) is 13.1. The van der Waals surface area contributed by atoms with Gasteiger partial charge in [-0.2, -0.15) is 0 Å². The Morgan fingerprint density at radius 2 is 2.06 bits per heavy atom. The van der Waals surface area contributed by atoms with Gasteiger partial charge in [-0.1, -0.05) is 15.9 Å². The van der Waals surface area contributed by atoms with E-state index in [2.05, 4.69) is 47.1 Å². The summed E-state index contributed by atoms with van der Waals surface area (Å²) in [5.74, 6) is -0.742. The molecule has 5 nitrogen and oxygen atoms in total. The number of aromatic carboxylic acids is 1. The number of nitrogens with one attached hydrogen (secondary N) is 1. The minimum atomic E-state index is -1.11. The minimum Gasteiger partial charge on any atom is -0.476 e. The zero-order valence-corrected chi connectivity index (χ0v) is 12.1. The van der Waals surface area contributed by atoms with Crippen LogP contribution in [-0.4, -0.2) is 21.0 Å². The number of hydrogen-bond acceptors (Lipinski definition) is 4. The van der Waals surface area contributed by atoms with Crippen LogP contribution in [0, 0.1) is 0 Å². The first-order valence-electron chi connectivity index (χ1n) is 4.83. The highest BCUT2D eigenvalue weighted by molar-refractivity contribution is 9.11. The normalized spacial score (nSPS) is 10.1. The minimum absolute atomic E-state index is 0.105. The lowest BCUT2D eigenvalue weighted by molar-refractivity contribution is 0.0690. The van der Waals surface area contributed by atoms with Gasteiger partial charge in [-0.3, -0.25) is 4.98 Å². The van der Waals surface area contributed by atoms with Crippen molar-refractivity contribution in [1.82, 2.24) is 9.97 Å². The third-order valence-corrected chi connectivity index (χ3v) is 3.23. The summed E-state index contributed by atoms with van der Waals surface area (Å²) < 4.78 is 1.74.